The van der Waals surface area contributed by atoms with Crippen LogP contribution in [0.25, 0.3) is 0 Å². The third kappa shape index (κ3) is 3.07. The van der Waals surface area contributed by atoms with Gasteiger partial charge in [0.05, 0.1) is 4.92 Å². The summed E-state index contributed by atoms with van der Waals surface area (Å²) in [6, 6.07) is 4.08. The van der Waals surface area contributed by atoms with E-state index in [4.69, 9.17) is 0 Å². The van der Waals surface area contributed by atoms with Gasteiger partial charge in [-0.05, 0) is 24.8 Å². The normalized spacial score (nSPS) is 19.6. The predicted molar refractivity (Wildman–Crippen MR) is 67.1 cm³/mol. The number of halogens is 1. The summed E-state index contributed by atoms with van der Waals surface area (Å²) >= 11 is 0. The van der Waals surface area contributed by atoms with E-state index in [9.17, 15) is 19.3 Å². The summed E-state index contributed by atoms with van der Waals surface area (Å²) in [5.74, 6) is -1.23. The molecule has 19 heavy (non-hydrogen) atoms. The third-order valence-electron chi connectivity index (χ3n) is 3.37. The summed E-state index contributed by atoms with van der Waals surface area (Å²) in [7, 11) is 0. The molecule has 1 aromatic rings. The molecule has 1 atom stereocenters. The van der Waals surface area contributed by atoms with Crippen molar-refractivity contribution in [3.05, 3.63) is 39.7 Å². The zero-order valence-electron chi connectivity index (χ0n) is 10.4. The molecule has 102 valence electrons. The minimum atomic E-state index is -0.829. The smallest absolute Gasteiger partial charge is 0.305 e. The zero-order valence-corrected chi connectivity index (χ0v) is 10.4. The van der Waals surface area contributed by atoms with E-state index in [1.54, 1.807) is 0 Å². The van der Waals surface area contributed by atoms with Crippen molar-refractivity contribution in [2.45, 2.75) is 25.7 Å². The van der Waals surface area contributed by atoms with Crippen LogP contribution in [0.2, 0.25) is 0 Å². The standard InChI is InChI=1S/C13H15FN2O3/c14-12-9(5-3-6-11(12)16(18)19)8-10-4-1-2-7-15-13(10)17/h3,5-6,10H,1-2,4,7-8H2,(H,15,17). The maximum absolute atomic E-state index is 13.9. The first-order valence-electron chi connectivity index (χ1n) is 6.29. The Kier molecular flexibility index (Phi) is 4.09. The van der Waals surface area contributed by atoms with Crippen molar-refractivity contribution in [3.8, 4) is 0 Å². The monoisotopic (exact) mass is 266 g/mol. The van der Waals surface area contributed by atoms with Crippen molar-refractivity contribution in [3.63, 3.8) is 0 Å². The van der Waals surface area contributed by atoms with E-state index in [0.29, 0.717) is 13.0 Å². The number of amides is 1. The second-order valence-corrected chi connectivity index (χ2v) is 4.70. The molecule has 0 aromatic heterocycles. The molecule has 1 aromatic carbocycles. The lowest BCUT2D eigenvalue weighted by atomic mass is 9.94. The van der Waals surface area contributed by atoms with Crippen LogP contribution >= 0.6 is 0 Å². The van der Waals surface area contributed by atoms with Crippen molar-refractivity contribution in [2.24, 2.45) is 5.92 Å². The zero-order chi connectivity index (χ0) is 13.8. The van der Waals surface area contributed by atoms with Gasteiger partial charge in [-0.25, -0.2) is 0 Å². The number of carbonyl (C=O) groups is 1. The summed E-state index contributed by atoms with van der Waals surface area (Å²) in [4.78, 5) is 21.7. The van der Waals surface area contributed by atoms with Crippen molar-refractivity contribution in [1.29, 1.82) is 0 Å². The number of nitrogens with one attached hydrogen (secondary N) is 1. The first-order chi connectivity index (χ1) is 9.09. The van der Waals surface area contributed by atoms with Crippen LogP contribution in [0.5, 0.6) is 0 Å². The van der Waals surface area contributed by atoms with Crippen molar-refractivity contribution in [2.75, 3.05) is 6.54 Å². The number of hydrogen-bond acceptors (Lipinski definition) is 3. The average Bonchev–Trinajstić information content (AvgIpc) is 2.57. The van der Waals surface area contributed by atoms with Crippen LogP contribution in [0.4, 0.5) is 10.1 Å². The summed E-state index contributed by atoms with van der Waals surface area (Å²) in [6.45, 7) is 0.646. The topological polar surface area (TPSA) is 72.2 Å². The number of nitrogens with zero attached hydrogens (tertiary/aromatic N) is 1. The highest BCUT2D eigenvalue weighted by molar-refractivity contribution is 5.79. The molecule has 1 aliphatic rings. The number of nitro benzene ring substituents is 1. The van der Waals surface area contributed by atoms with Gasteiger partial charge in [-0.3, -0.25) is 14.9 Å². The van der Waals surface area contributed by atoms with E-state index >= 15 is 0 Å². The number of carbonyl (C=O) groups excluding carboxylic acids is 1. The predicted octanol–water partition coefficient (Wildman–Crippen LogP) is 2.19. The number of hydrogen-bond donors (Lipinski definition) is 1. The Morgan fingerprint density at radius 2 is 2.21 bits per heavy atom. The van der Waals surface area contributed by atoms with E-state index in [1.807, 2.05) is 0 Å². The Bertz CT molecular complexity index is 505. The molecule has 0 radical (unpaired) electrons. The molecule has 1 fully saturated rings. The molecule has 0 bridgehead atoms. The summed E-state index contributed by atoms with van der Waals surface area (Å²) < 4.78 is 13.9. The minimum absolute atomic E-state index is 0.0941. The fourth-order valence-electron chi connectivity index (χ4n) is 2.33. The summed E-state index contributed by atoms with van der Waals surface area (Å²) in [5, 5.41) is 13.4. The molecule has 6 heteroatoms. The molecular formula is C13H15FN2O3. The molecule has 1 saturated heterocycles. The van der Waals surface area contributed by atoms with Gasteiger partial charge in [-0.2, -0.15) is 4.39 Å². The Morgan fingerprint density at radius 3 is 2.95 bits per heavy atom. The average molecular weight is 266 g/mol. The quantitative estimate of drug-likeness (QED) is 0.673. The van der Waals surface area contributed by atoms with E-state index in [2.05, 4.69) is 5.32 Å². The van der Waals surface area contributed by atoms with Crippen LogP contribution in [0, 0.1) is 21.8 Å². The van der Waals surface area contributed by atoms with Crippen molar-refractivity contribution in [1.82, 2.24) is 5.32 Å². The largest absolute Gasteiger partial charge is 0.356 e. The molecule has 1 unspecified atom stereocenters. The molecule has 0 aliphatic carbocycles. The maximum Gasteiger partial charge on any atom is 0.305 e. The van der Waals surface area contributed by atoms with Gasteiger partial charge in [0, 0.05) is 18.5 Å². The van der Waals surface area contributed by atoms with Gasteiger partial charge < -0.3 is 5.32 Å². The van der Waals surface area contributed by atoms with Gasteiger partial charge in [0.15, 0.2) is 0 Å². The Morgan fingerprint density at radius 1 is 1.42 bits per heavy atom. The fraction of sp³-hybridized carbons (Fsp3) is 0.462. The van der Waals surface area contributed by atoms with E-state index in [1.165, 1.54) is 12.1 Å². The first-order valence-corrected chi connectivity index (χ1v) is 6.29. The SMILES string of the molecule is O=C1NCCCCC1Cc1cccc([N+](=O)[O-])c1F. The van der Waals surface area contributed by atoms with Crippen LogP contribution < -0.4 is 5.32 Å². The Labute approximate surface area is 110 Å². The second kappa shape index (κ2) is 5.77. The van der Waals surface area contributed by atoms with Crippen LogP contribution in [-0.4, -0.2) is 17.4 Å². The molecule has 1 N–H and O–H groups in total. The van der Waals surface area contributed by atoms with Gasteiger partial charge in [-0.1, -0.05) is 18.6 Å². The van der Waals surface area contributed by atoms with E-state index < -0.39 is 16.4 Å². The van der Waals surface area contributed by atoms with E-state index in [-0.39, 0.29) is 23.8 Å². The molecule has 5 nitrogen and oxygen atoms in total. The fourth-order valence-corrected chi connectivity index (χ4v) is 2.33. The Balaban J connectivity index is 2.20. The first kappa shape index (κ1) is 13.5. The highest BCUT2D eigenvalue weighted by atomic mass is 19.1. The Hall–Kier alpha value is -1.98. The minimum Gasteiger partial charge on any atom is -0.356 e. The summed E-state index contributed by atoms with van der Waals surface area (Å²) in [5.41, 5.74) is -0.303. The van der Waals surface area contributed by atoms with E-state index in [0.717, 1.165) is 18.9 Å². The van der Waals surface area contributed by atoms with Gasteiger partial charge in [0.1, 0.15) is 0 Å². The molecule has 0 spiro atoms. The van der Waals surface area contributed by atoms with Crippen molar-refractivity contribution >= 4 is 11.6 Å². The summed E-state index contributed by atoms with van der Waals surface area (Å²) in [6.07, 6.45) is 2.72. The van der Waals surface area contributed by atoms with Gasteiger partial charge >= 0.3 is 5.69 Å². The van der Waals surface area contributed by atoms with Gasteiger partial charge in [0.2, 0.25) is 11.7 Å². The molecular weight excluding hydrogens is 251 g/mol. The van der Waals surface area contributed by atoms with Crippen LogP contribution in [0.15, 0.2) is 18.2 Å². The lowest BCUT2D eigenvalue weighted by Crippen LogP contribution is -2.30. The number of nitro groups is 1. The van der Waals surface area contributed by atoms with Gasteiger partial charge in [0.25, 0.3) is 0 Å². The van der Waals surface area contributed by atoms with Crippen molar-refractivity contribution < 1.29 is 14.1 Å². The lowest BCUT2D eigenvalue weighted by molar-refractivity contribution is -0.387. The third-order valence-corrected chi connectivity index (χ3v) is 3.37. The number of benzene rings is 1. The van der Waals surface area contributed by atoms with Crippen LogP contribution in [0.3, 0.4) is 0 Å². The molecule has 0 saturated carbocycles. The maximum atomic E-state index is 13.9. The number of rotatable bonds is 3. The van der Waals surface area contributed by atoms with Crippen LogP contribution in [-0.2, 0) is 11.2 Å². The lowest BCUT2D eigenvalue weighted by Gasteiger charge is -2.13. The highest BCUT2D eigenvalue weighted by Crippen LogP contribution is 2.24. The molecule has 1 aliphatic heterocycles. The molecule has 2 rings (SSSR count). The second-order valence-electron chi connectivity index (χ2n) is 4.70. The molecule has 1 heterocycles. The van der Waals surface area contributed by atoms with Crippen LogP contribution in [0.1, 0.15) is 24.8 Å². The molecule has 1 amide bonds. The van der Waals surface area contributed by atoms with Gasteiger partial charge in [-0.15, -0.1) is 0 Å². The highest BCUT2D eigenvalue weighted by Gasteiger charge is 2.24.